The molecule has 0 saturated heterocycles. The van der Waals surface area contributed by atoms with Crippen molar-refractivity contribution < 1.29 is 19.0 Å². The van der Waals surface area contributed by atoms with Crippen LogP contribution < -0.4 is 4.74 Å². The Balaban J connectivity index is 1.89. The van der Waals surface area contributed by atoms with Crippen LogP contribution in [0.3, 0.4) is 0 Å². The standard InChI is InChI=1S/C27H22FN3O3/c1-14(2)25-24(15-4-7-18(28)8-5-15)20-10-17-13-29-31-22(17)12-21(20)26(30-25)16-6-9-19(27(32)33)23(11-16)34-3/h4-14H,1-3H3,(H,29,31)(H,32,33). The summed E-state index contributed by atoms with van der Waals surface area (Å²) in [6, 6.07) is 15.5. The number of hydrogen-bond acceptors (Lipinski definition) is 4. The van der Waals surface area contributed by atoms with Crippen LogP contribution in [0.5, 0.6) is 5.75 Å². The molecule has 34 heavy (non-hydrogen) atoms. The minimum atomic E-state index is -1.06. The second-order valence-electron chi connectivity index (χ2n) is 8.46. The van der Waals surface area contributed by atoms with E-state index in [9.17, 15) is 14.3 Å². The fraction of sp³-hybridized carbons (Fsp3) is 0.148. The number of H-pyrrole nitrogens is 1. The minimum Gasteiger partial charge on any atom is -0.496 e. The van der Waals surface area contributed by atoms with Gasteiger partial charge in [-0.05, 0) is 53.3 Å². The molecule has 2 aromatic heterocycles. The van der Waals surface area contributed by atoms with Crippen LogP contribution in [0.2, 0.25) is 0 Å². The number of hydrogen-bond donors (Lipinski definition) is 2. The molecule has 5 aromatic rings. The summed E-state index contributed by atoms with van der Waals surface area (Å²) in [7, 11) is 1.45. The fourth-order valence-corrected chi connectivity index (χ4v) is 4.34. The van der Waals surface area contributed by atoms with Crippen LogP contribution >= 0.6 is 0 Å². The SMILES string of the molecule is COc1cc(-c2nc(C(C)C)c(-c3ccc(F)cc3)c3cc4cn[nH]c4cc23)ccc1C(=O)O. The number of aromatic carboxylic acids is 1. The van der Waals surface area contributed by atoms with E-state index in [0.29, 0.717) is 5.69 Å². The quantitative estimate of drug-likeness (QED) is 0.319. The molecule has 5 rings (SSSR count). The lowest BCUT2D eigenvalue weighted by Crippen LogP contribution is -2.03. The van der Waals surface area contributed by atoms with Crippen molar-refractivity contribution in [3.8, 4) is 28.1 Å². The highest BCUT2D eigenvalue weighted by molar-refractivity contribution is 6.10. The van der Waals surface area contributed by atoms with Crippen LogP contribution in [0.4, 0.5) is 4.39 Å². The Morgan fingerprint density at radius 2 is 1.76 bits per heavy atom. The smallest absolute Gasteiger partial charge is 0.339 e. The number of aromatic amines is 1. The highest BCUT2D eigenvalue weighted by atomic mass is 19.1. The van der Waals surface area contributed by atoms with Crippen molar-refractivity contribution >= 4 is 27.6 Å². The number of carboxylic acids is 1. The predicted molar refractivity (Wildman–Crippen MR) is 130 cm³/mol. The van der Waals surface area contributed by atoms with Gasteiger partial charge >= 0.3 is 5.97 Å². The van der Waals surface area contributed by atoms with Gasteiger partial charge in [0, 0.05) is 21.9 Å². The summed E-state index contributed by atoms with van der Waals surface area (Å²) < 4.78 is 19.1. The molecular weight excluding hydrogens is 433 g/mol. The summed E-state index contributed by atoms with van der Waals surface area (Å²) in [5.41, 5.74) is 5.04. The molecule has 0 saturated carbocycles. The molecule has 7 heteroatoms. The van der Waals surface area contributed by atoms with Crippen LogP contribution in [-0.2, 0) is 0 Å². The summed E-state index contributed by atoms with van der Waals surface area (Å²) >= 11 is 0. The third-order valence-corrected chi connectivity index (χ3v) is 5.98. The maximum atomic E-state index is 13.7. The van der Waals surface area contributed by atoms with Crippen molar-refractivity contribution in [2.45, 2.75) is 19.8 Å². The number of nitrogens with one attached hydrogen (secondary N) is 1. The number of ether oxygens (including phenoxy) is 1. The van der Waals surface area contributed by atoms with Crippen molar-refractivity contribution in [2.75, 3.05) is 7.11 Å². The molecule has 0 unspecified atom stereocenters. The number of rotatable bonds is 5. The summed E-state index contributed by atoms with van der Waals surface area (Å²) in [6.45, 7) is 4.13. The van der Waals surface area contributed by atoms with Gasteiger partial charge in [0.25, 0.3) is 0 Å². The second kappa shape index (κ2) is 8.26. The highest BCUT2D eigenvalue weighted by Gasteiger charge is 2.21. The van der Waals surface area contributed by atoms with Crippen molar-refractivity contribution in [2.24, 2.45) is 0 Å². The molecule has 0 aliphatic heterocycles. The topological polar surface area (TPSA) is 88.1 Å². The molecule has 0 atom stereocenters. The second-order valence-corrected chi connectivity index (χ2v) is 8.46. The number of pyridine rings is 1. The number of benzene rings is 3. The van der Waals surface area contributed by atoms with E-state index in [1.807, 2.05) is 6.07 Å². The molecule has 0 spiro atoms. The lowest BCUT2D eigenvalue weighted by atomic mass is 9.89. The summed E-state index contributed by atoms with van der Waals surface area (Å²) in [5, 5.41) is 19.4. The third kappa shape index (κ3) is 3.55. The zero-order valence-corrected chi connectivity index (χ0v) is 18.9. The van der Waals surface area contributed by atoms with Gasteiger partial charge in [0.15, 0.2) is 0 Å². The molecule has 0 aliphatic carbocycles. The molecule has 0 bridgehead atoms. The molecule has 2 heterocycles. The number of aromatic nitrogens is 3. The molecule has 170 valence electrons. The lowest BCUT2D eigenvalue weighted by Gasteiger charge is -2.19. The monoisotopic (exact) mass is 455 g/mol. The Morgan fingerprint density at radius 3 is 2.44 bits per heavy atom. The van der Waals surface area contributed by atoms with E-state index in [4.69, 9.17) is 9.72 Å². The lowest BCUT2D eigenvalue weighted by molar-refractivity contribution is 0.0693. The summed E-state index contributed by atoms with van der Waals surface area (Å²) in [5.74, 6) is -1.03. The molecule has 3 aromatic carbocycles. The average molecular weight is 455 g/mol. The highest BCUT2D eigenvalue weighted by Crippen LogP contribution is 2.41. The number of halogens is 1. The maximum Gasteiger partial charge on any atom is 0.339 e. The van der Waals surface area contributed by atoms with E-state index in [2.05, 4.69) is 30.1 Å². The van der Waals surface area contributed by atoms with E-state index in [-0.39, 0.29) is 23.0 Å². The number of methoxy groups -OCH3 is 1. The van der Waals surface area contributed by atoms with Gasteiger partial charge in [-0.15, -0.1) is 0 Å². The third-order valence-electron chi connectivity index (χ3n) is 5.98. The van der Waals surface area contributed by atoms with Gasteiger partial charge in [-0.2, -0.15) is 5.10 Å². The maximum absolute atomic E-state index is 13.7. The van der Waals surface area contributed by atoms with Gasteiger partial charge in [-0.1, -0.05) is 32.0 Å². The predicted octanol–water partition coefficient (Wildman–Crippen LogP) is 6.41. The van der Waals surface area contributed by atoms with E-state index < -0.39 is 5.97 Å². The largest absolute Gasteiger partial charge is 0.496 e. The zero-order valence-electron chi connectivity index (χ0n) is 18.9. The van der Waals surface area contributed by atoms with Gasteiger partial charge in [-0.3, -0.25) is 10.1 Å². The van der Waals surface area contributed by atoms with Gasteiger partial charge in [0.1, 0.15) is 17.1 Å². The Hall–Kier alpha value is -4.26. The van der Waals surface area contributed by atoms with Crippen molar-refractivity contribution in [1.29, 1.82) is 0 Å². The van der Waals surface area contributed by atoms with Crippen molar-refractivity contribution in [1.82, 2.24) is 15.2 Å². The number of nitrogens with zero attached hydrogens (tertiary/aromatic N) is 2. The molecule has 0 aliphatic rings. The Labute approximate surface area is 195 Å². The number of fused-ring (bicyclic) bond motifs is 2. The van der Waals surface area contributed by atoms with Crippen LogP contribution in [0, 0.1) is 5.82 Å². The van der Waals surface area contributed by atoms with E-state index in [0.717, 1.165) is 44.1 Å². The van der Waals surface area contributed by atoms with Crippen molar-refractivity contribution in [3.05, 3.63) is 77.9 Å². The minimum absolute atomic E-state index is 0.0726. The Bertz CT molecular complexity index is 1560. The molecule has 2 N–H and O–H groups in total. The van der Waals surface area contributed by atoms with E-state index >= 15 is 0 Å². The van der Waals surface area contributed by atoms with Crippen LogP contribution in [0.15, 0.2) is 60.8 Å². The van der Waals surface area contributed by atoms with Crippen molar-refractivity contribution in [3.63, 3.8) is 0 Å². The van der Waals surface area contributed by atoms with Crippen LogP contribution in [0.1, 0.15) is 35.8 Å². The molecule has 0 fully saturated rings. The number of carboxylic acid groups (broad SMARTS) is 1. The van der Waals surface area contributed by atoms with Gasteiger partial charge in [0.2, 0.25) is 0 Å². The zero-order chi connectivity index (χ0) is 24.0. The molecule has 0 radical (unpaired) electrons. The van der Waals surface area contributed by atoms with Gasteiger partial charge in [-0.25, -0.2) is 9.18 Å². The Morgan fingerprint density at radius 1 is 1.03 bits per heavy atom. The number of carbonyl (C=O) groups is 1. The molecular formula is C27H22FN3O3. The average Bonchev–Trinajstić information content (AvgIpc) is 3.29. The Kier molecular flexibility index (Phi) is 5.24. The van der Waals surface area contributed by atoms with Crippen LogP contribution in [0.25, 0.3) is 44.1 Å². The van der Waals surface area contributed by atoms with Gasteiger partial charge in [0.05, 0.1) is 30.2 Å². The first-order valence-corrected chi connectivity index (χ1v) is 10.9. The normalized spacial score (nSPS) is 11.4. The summed E-state index contributed by atoms with van der Waals surface area (Å²) in [4.78, 5) is 16.7. The van der Waals surface area contributed by atoms with Gasteiger partial charge < -0.3 is 9.84 Å². The molecule has 6 nitrogen and oxygen atoms in total. The fourth-order valence-electron chi connectivity index (χ4n) is 4.34. The summed E-state index contributed by atoms with van der Waals surface area (Å²) in [6.07, 6.45) is 1.77. The first-order valence-electron chi connectivity index (χ1n) is 10.9. The van der Waals surface area contributed by atoms with Crippen LogP contribution in [-0.4, -0.2) is 33.4 Å². The van der Waals surface area contributed by atoms with E-state index in [1.165, 1.54) is 25.3 Å². The first kappa shape index (κ1) is 21.6. The molecule has 0 amide bonds. The first-order chi connectivity index (χ1) is 16.4. The van der Waals surface area contributed by atoms with E-state index in [1.54, 1.807) is 30.5 Å².